The van der Waals surface area contributed by atoms with Crippen molar-refractivity contribution in [3.8, 4) is 0 Å². The van der Waals surface area contributed by atoms with Gasteiger partial charge in [0.1, 0.15) is 6.04 Å². The fraction of sp³-hybridized carbons (Fsp3) is 0.560. The van der Waals surface area contributed by atoms with Gasteiger partial charge in [0.25, 0.3) is 5.56 Å². The van der Waals surface area contributed by atoms with Gasteiger partial charge in [0.2, 0.25) is 11.7 Å². The predicted octanol–water partition coefficient (Wildman–Crippen LogP) is 2.35. The SMILES string of the molecule is CC(NC(=O)C12CC3CC(CC(C3)C1)C2)C(=O)OCc1nnc2n(C)c(=O)c3ccccc3n12. The number of carbonyl (C=O) groups excluding carboxylic acids is 2. The summed E-state index contributed by atoms with van der Waals surface area (Å²) in [5.41, 5.74) is 0.177. The van der Waals surface area contributed by atoms with Crippen molar-refractivity contribution in [2.24, 2.45) is 30.2 Å². The Morgan fingerprint density at radius 2 is 1.76 bits per heavy atom. The second-order valence-corrected chi connectivity index (χ2v) is 10.6. The first kappa shape index (κ1) is 21.3. The third-order valence-electron chi connectivity index (χ3n) is 8.26. The number of esters is 1. The Balaban J connectivity index is 1.17. The zero-order valence-electron chi connectivity index (χ0n) is 19.5. The molecular weight excluding hydrogens is 434 g/mol. The molecule has 7 rings (SSSR count). The predicted molar refractivity (Wildman–Crippen MR) is 124 cm³/mol. The average Bonchev–Trinajstić information content (AvgIpc) is 3.24. The lowest BCUT2D eigenvalue weighted by molar-refractivity contribution is -0.154. The maximum absolute atomic E-state index is 13.3. The number of hydrogen-bond acceptors (Lipinski definition) is 6. The molecule has 0 radical (unpaired) electrons. The maximum atomic E-state index is 13.3. The summed E-state index contributed by atoms with van der Waals surface area (Å²) in [6.45, 7) is 1.56. The van der Waals surface area contributed by atoms with E-state index < -0.39 is 12.0 Å². The molecule has 3 aromatic rings. The molecule has 1 amide bonds. The molecule has 9 heteroatoms. The van der Waals surface area contributed by atoms with Crippen LogP contribution in [0.25, 0.3) is 16.7 Å². The molecule has 4 bridgehead atoms. The lowest BCUT2D eigenvalue weighted by atomic mass is 9.49. The van der Waals surface area contributed by atoms with Gasteiger partial charge in [-0.3, -0.25) is 18.6 Å². The molecule has 34 heavy (non-hydrogen) atoms. The Bertz CT molecular complexity index is 1340. The average molecular weight is 464 g/mol. The molecule has 0 spiro atoms. The van der Waals surface area contributed by atoms with Gasteiger partial charge in [-0.05, 0) is 75.3 Å². The van der Waals surface area contributed by atoms with Crippen molar-refractivity contribution in [1.29, 1.82) is 0 Å². The normalized spacial score (nSPS) is 28.4. The number of nitrogens with one attached hydrogen (secondary N) is 1. The summed E-state index contributed by atoms with van der Waals surface area (Å²) >= 11 is 0. The largest absolute Gasteiger partial charge is 0.456 e. The number of ether oxygens (including phenoxy) is 1. The standard InChI is InChI=1S/C25H29N5O4/c1-14(26-23(33)25-10-15-7-16(11-25)9-17(8-15)12-25)22(32)34-13-20-27-28-24-29(2)21(31)18-5-3-4-6-19(18)30(20)24/h3-6,14-17H,7-13H2,1-2H3,(H,26,33). The Hall–Kier alpha value is -3.23. The highest BCUT2D eigenvalue weighted by atomic mass is 16.5. The summed E-state index contributed by atoms with van der Waals surface area (Å²) in [7, 11) is 1.64. The van der Waals surface area contributed by atoms with Crippen LogP contribution in [0, 0.1) is 23.2 Å². The molecule has 1 atom stereocenters. The van der Waals surface area contributed by atoms with Gasteiger partial charge in [0.05, 0.1) is 10.9 Å². The van der Waals surface area contributed by atoms with Crippen LogP contribution < -0.4 is 10.9 Å². The quantitative estimate of drug-likeness (QED) is 0.582. The number of benzene rings is 1. The number of fused-ring (bicyclic) bond motifs is 3. The van der Waals surface area contributed by atoms with Crippen molar-refractivity contribution < 1.29 is 14.3 Å². The molecule has 178 valence electrons. The van der Waals surface area contributed by atoms with Gasteiger partial charge in [0, 0.05) is 12.5 Å². The van der Waals surface area contributed by atoms with Crippen LogP contribution in [0.1, 0.15) is 51.3 Å². The van der Waals surface area contributed by atoms with Gasteiger partial charge in [-0.15, -0.1) is 10.2 Å². The lowest BCUT2D eigenvalue weighted by Crippen LogP contribution is -2.55. The summed E-state index contributed by atoms with van der Waals surface area (Å²) in [4.78, 5) is 38.6. The topological polar surface area (TPSA) is 108 Å². The van der Waals surface area contributed by atoms with E-state index in [1.165, 1.54) is 23.8 Å². The minimum atomic E-state index is -0.749. The summed E-state index contributed by atoms with van der Waals surface area (Å²) < 4.78 is 8.68. The van der Waals surface area contributed by atoms with Crippen LogP contribution in [0.4, 0.5) is 0 Å². The van der Waals surface area contributed by atoms with Crippen LogP contribution in [-0.2, 0) is 28.0 Å². The first-order valence-electron chi connectivity index (χ1n) is 12.1. The minimum Gasteiger partial charge on any atom is -0.456 e. The Kier molecular flexibility index (Phi) is 4.79. The monoisotopic (exact) mass is 463 g/mol. The number of rotatable bonds is 5. The molecule has 4 aliphatic carbocycles. The van der Waals surface area contributed by atoms with E-state index >= 15 is 0 Å². The molecule has 0 saturated heterocycles. The van der Waals surface area contributed by atoms with Gasteiger partial charge >= 0.3 is 5.97 Å². The van der Waals surface area contributed by atoms with Crippen LogP contribution in [0.5, 0.6) is 0 Å². The fourth-order valence-electron chi connectivity index (χ4n) is 7.04. The Morgan fingerprint density at radius 3 is 2.44 bits per heavy atom. The smallest absolute Gasteiger partial charge is 0.328 e. The number of para-hydroxylation sites is 1. The van der Waals surface area contributed by atoms with Crippen molar-refractivity contribution in [3.05, 3.63) is 40.4 Å². The Labute approximate surface area is 196 Å². The van der Waals surface area contributed by atoms with E-state index in [0.717, 1.165) is 19.3 Å². The van der Waals surface area contributed by atoms with Gasteiger partial charge in [-0.25, -0.2) is 4.79 Å². The Morgan fingerprint density at radius 1 is 1.12 bits per heavy atom. The van der Waals surface area contributed by atoms with Crippen molar-refractivity contribution in [2.75, 3.05) is 0 Å². The van der Waals surface area contributed by atoms with Crippen LogP contribution >= 0.6 is 0 Å². The van der Waals surface area contributed by atoms with Crippen LogP contribution in [0.2, 0.25) is 0 Å². The van der Waals surface area contributed by atoms with Crippen LogP contribution in [-0.4, -0.2) is 37.1 Å². The van der Waals surface area contributed by atoms with E-state index in [1.54, 1.807) is 30.5 Å². The molecule has 1 unspecified atom stereocenters. The van der Waals surface area contributed by atoms with Crippen molar-refractivity contribution >= 4 is 28.6 Å². The van der Waals surface area contributed by atoms with E-state index in [2.05, 4.69) is 15.5 Å². The second kappa shape index (κ2) is 7.65. The molecule has 9 nitrogen and oxygen atoms in total. The van der Waals surface area contributed by atoms with Crippen molar-refractivity contribution in [2.45, 2.75) is 58.1 Å². The van der Waals surface area contributed by atoms with Gasteiger partial charge in [-0.1, -0.05) is 12.1 Å². The summed E-state index contributed by atoms with van der Waals surface area (Å²) in [6.07, 6.45) is 6.63. The number of hydrogen-bond donors (Lipinski definition) is 1. The van der Waals surface area contributed by atoms with Crippen LogP contribution in [0.3, 0.4) is 0 Å². The molecule has 1 aromatic carbocycles. The fourth-order valence-corrected chi connectivity index (χ4v) is 7.04. The van der Waals surface area contributed by atoms with Gasteiger partial charge < -0.3 is 10.1 Å². The lowest BCUT2D eigenvalue weighted by Gasteiger charge is -2.55. The number of carbonyl (C=O) groups is 2. The third kappa shape index (κ3) is 3.24. The molecule has 4 aliphatic rings. The highest BCUT2D eigenvalue weighted by Gasteiger charge is 2.54. The van der Waals surface area contributed by atoms with E-state index in [4.69, 9.17) is 4.74 Å². The third-order valence-corrected chi connectivity index (χ3v) is 8.26. The van der Waals surface area contributed by atoms with Crippen molar-refractivity contribution in [1.82, 2.24) is 24.5 Å². The van der Waals surface area contributed by atoms with Gasteiger partial charge in [-0.2, -0.15) is 0 Å². The summed E-state index contributed by atoms with van der Waals surface area (Å²) in [6, 6.07) is 6.44. The summed E-state index contributed by atoms with van der Waals surface area (Å²) in [5.74, 6) is 2.25. The number of amides is 1. The van der Waals surface area contributed by atoms with Crippen LogP contribution in [0.15, 0.2) is 29.1 Å². The molecule has 2 aromatic heterocycles. The molecule has 1 N–H and O–H groups in total. The highest BCUT2D eigenvalue weighted by Crippen LogP contribution is 2.60. The minimum absolute atomic E-state index is 0.00460. The maximum Gasteiger partial charge on any atom is 0.328 e. The number of aryl methyl sites for hydroxylation is 1. The number of nitrogens with zero attached hydrogens (tertiary/aromatic N) is 4. The van der Waals surface area contributed by atoms with E-state index in [0.29, 0.717) is 40.3 Å². The van der Waals surface area contributed by atoms with Gasteiger partial charge in [0.15, 0.2) is 12.4 Å². The van der Waals surface area contributed by atoms with E-state index in [-0.39, 0.29) is 23.5 Å². The van der Waals surface area contributed by atoms with E-state index in [9.17, 15) is 14.4 Å². The molecule has 2 heterocycles. The molecule has 4 fully saturated rings. The summed E-state index contributed by atoms with van der Waals surface area (Å²) in [5, 5.41) is 11.8. The number of aromatic nitrogens is 4. The second-order valence-electron chi connectivity index (χ2n) is 10.6. The highest BCUT2D eigenvalue weighted by molar-refractivity contribution is 5.88. The molecule has 4 saturated carbocycles. The molecular formula is C25H29N5O4. The first-order chi connectivity index (χ1) is 16.3. The molecule has 0 aliphatic heterocycles. The zero-order chi connectivity index (χ0) is 23.6. The zero-order valence-corrected chi connectivity index (χ0v) is 19.5. The van der Waals surface area contributed by atoms with E-state index in [1.807, 2.05) is 12.1 Å². The first-order valence-corrected chi connectivity index (χ1v) is 12.1. The van der Waals surface area contributed by atoms with Crippen molar-refractivity contribution in [3.63, 3.8) is 0 Å².